The van der Waals surface area contributed by atoms with E-state index in [1.54, 1.807) is 12.3 Å². The summed E-state index contributed by atoms with van der Waals surface area (Å²) in [7, 11) is 0. The number of carbonyl (C=O) groups excluding carboxylic acids is 1. The molecule has 2 aliphatic rings. The SMILES string of the molecule is C[C@H](Nc1c(C#N)cnc2cc(OC3CCOC3)c(NC(=O)C=C3CCNCC3)cc12)c1ccccc1. The molecule has 2 fully saturated rings. The Labute approximate surface area is 216 Å². The van der Waals surface area contributed by atoms with Gasteiger partial charge in [0, 0.05) is 36.2 Å². The molecule has 0 bridgehead atoms. The second-order valence-electron chi connectivity index (χ2n) is 9.45. The number of benzene rings is 2. The smallest absolute Gasteiger partial charge is 0.248 e. The molecule has 2 saturated heterocycles. The van der Waals surface area contributed by atoms with E-state index < -0.39 is 0 Å². The van der Waals surface area contributed by atoms with Crippen molar-refractivity contribution in [3.8, 4) is 11.8 Å². The number of ether oxygens (including phenoxy) is 2. The topological polar surface area (TPSA) is 108 Å². The van der Waals surface area contributed by atoms with Crippen molar-refractivity contribution in [2.75, 3.05) is 36.9 Å². The number of hydrogen-bond donors (Lipinski definition) is 3. The molecule has 5 rings (SSSR count). The van der Waals surface area contributed by atoms with E-state index in [2.05, 4.69) is 27.0 Å². The van der Waals surface area contributed by atoms with Crippen molar-refractivity contribution >= 4 is 28.2 Å². The molecule has 0 radical (unpaired) electrons. The minimum absolute atomic E-state index is 0.0480. The fraction of sp³-hybridized carbons (Fsp3) is 0.345. The molecule has 1 amide bonds. The number of nitrogens with one attached hydrogen (secondary N) is 3. The first kappa shape index (κ1) is 24.8. The summed E-state index contributed by atoms with van der Waals surface area (Å²) in [6, 6.07) is 15.9. The third kappa shape index (κ3) is 5.91. The number of hydrogen-bond acceptors (Lipinski definition) is 7. The maximum absolute atomic E-state index is 13.0. The Balaban J connectivity index is 1.53. The zero-order valence-electron chi connectivity index (χ0n) is 20.9. The minimum atomic E-state index is -0.194. The first-order valence-electron chi connectivity index (χ1n) is 12.7. The molecule has 2 aromatic carbocycles. The highest BCUT2D eigenvalue weighted by atomic mass is 16.5. The lowest BCUT2D eigenvalue weighted by molar-refractivity contribution is -0.112. The van der Waals surface area contributed by atoms with Gasteiger partial charge in [-0.1, -0.05) is 35.9 Å². The molecule has 3 heterocycles. The standard InChI is InChI=1S/C29H31N5O3/c1-19(21-5-3-2-4-6-21)33-29-22(16-30)17-32-25-15-27(37-23-9-12-36-18-23)26(14-24(25)29)34-28(35)13-20-7-10-31-11-8-20/h2-6,13-15,17,19,23,31H,7-12,18H2,1H3,(H,32,33)(H,34,35)/t19-,23?/m0/s1. The zero-order valence-corrected chi connectivity index (χ0v) is 20.9. The largest absolute Gasteiger partial charge is 0.486 e. The van der Waals surface area contributed by atoms with Gasteiger partial charge in [0.05, 0.1) is 35.7 Å². The maximum atomic E-state index is 13.0. The highest BCUT2D eigenvalue weighted by Crippen LogP contribution is 2.37. The number of pyridine rings is 1. The van der Waals surface area contributed by atoms with E-state index >= 15 is 0 Å². The lowest BCUT2D eigenvalue weighted by Crippen LogP contribution is -2.24. The van der Waals surface area contributed by atoms with Crippen molar-refractivity contribution in [1.29, 1.82) is 5.26 Å². The first-order chi connectivity index (χ1) is 18.1. The molecule has 37 heavy (non-hydrogen) atoms. The Morgan fingerprint density at radius 2 is 2.08 bits per heavy atom. The van der Waals surface area contributed by atoms with Crippen molar-refractivity contribution in [2.45, 2.75) is 38.3 Å². The summed E-state index contributed by atoms with van der Waals surface area (Å²) in [4.78, 5) is 17.5. The molecule has 8 heteroatoms. The predicted octanol–water partition coefficient (Wildman–Crippen LogP) is 4.70. The molecule has 2 atom stereocenters. The Morgan fingerprint density at radius 3 is 2.81 bits per heavy atom. The van der Waals surface area contributed by atoms with Gasteiger partial charge in [0.25, 0.3) is 0 Å². The fourth-order valence-electron chi connectivity index (χ4n) is 4.73. The molecular weight excluding hydrogens is 466 g/mol. The van der Waals surface area contributed by atoms with Gasteiger partial charge < -0.3 is 25.4 Å². The van der Waals surface area contributed by atoms with Gasteiger partial charge in [-0.05, 0) is 44.5 Å². The number of amides is 1. The van der Waals surface area contributed by atoms with E-state index in [1.807, 2.05) is 49.4 Å². The number of piperidine rings is 1. The normalized spacial score (nSPS) is 18.2. The van der Waals surface area contributed by atoms with Crippen LogP contribution in [0, 0.1) is 11.3 Å². The third-order valence-electron chi connectivity index (χ3n) is 6.77. The third-order valence-corrected chi connectivity index (χ3v) is 6.77. The summed E-state index contributed by atoms with van der Waals surface area (Å²) in [6.07, 6.45) is 5.66. The number of nitriles is 1. The van der Waals surface area contributed by atoms with E-state index in [4.69, 9.17) is 9.47 Å². The molecule has 1 aromatic heterocycles. The van der Waals surface area contributed by atoms with Crippen LogP contribution in [0.1, 0.15) is 43.4 Å². The number of nitrogens with zero attached hydrogens (tertiary/aromatic N) is 2. The molecule has 2 aliphatic heterocycles. The minimum Gasteiger partial charge on any atom is -0.486 e. The van der Waals surface area contributed by atoms with E-state index in [0.717, 1.165) is 48.9 Å². The van der Waals surface area contributed by atoms with Crippen LogP contribution in [0.5, 0.6) is 5.75 Å². The van der Waals surface area contributed by atoms with Gasteiger partial charge in [-0.3, -0.25) is 9.78 Å². The Kier molecular flexibility index (Phi) is 7.64. The van der Waals surface area contributed by atoms with Crippen LogP contribution in [0.25, 0.3) is 10.9 Å². The van der Waals surface area contributed by atoms with Crippen molar-refractivity contribution in [2.24, 2.45) is 0 Å². The summed E-state index contributed by atoms with van der Waals surface area (Å²) in [5.41, 5.74) is 4.54. The van der Waals surface area contributed by atoms with E-state index in [1.165, 1.54) is 0 Å². The molecular formula is C29H31N5O3. The van der Waals surface area contributed by atoms with Crippen LogP contribution in [-0.2, 0) is 9.53 Å². The van der Waals surface area contributed by atoms with Crippen LogP contribution in [-0.4, -0.2) is 43.3 Å². The van der Waals surface area contributed by atoms with Gasteiger partial charge in [-0.2, -0.15) is 5.26 Å². The van der Waals surface area contributed by atoms with Crippen molar-refractivity contribution < 1.29 is 14.3 Å². The monoisotopic (exact) mass is 497 g/mol. The van der Waals surface area contributed by atoms with Crippen molar-refractivity contribution in [1.82, 2.24) is 10.3 Å². The number of aromatic nitrogens is 1. The van der Waals surface area contributed by atoms with Crippen LogP contribution < -0.4 is 20.7 Å². The average Bonchev–Trinajstić information content (AvgIpc) is 3.43. The number of fused-ring (bicyclic) bond motifs is 1. The lowest BCUT2D eigenvalue weighted by Gasteiger charge is -2.21. The lowest BCUT2D eigenvalue weighted by atomic mass is 10.0. The highest BCUT2D eigenvalue weighted by Gasteiger charge is 2.22. The summed E-state index contributed by atoms with van der Waals surface area (Å²) in [5.74, 6) is 0.347. The van der Waals surface area contributed by atoms with Crippen LogP contribution in [0.15, 0.2) is 60.3 Å². The van der Waals surface area contributed by atoms with E-state index in [-0.39, 0.29) is 18.1 Å². The quantitative estimate of drug-likeness (QED) is 0.406. The number of rotatable bonds is 7. The first-order valence-corrected chi connectivity index (χ1v) is 12.7. The molecule has 3 N–H and O–H groups in total. The van der Waals surface area contributed by atoms with Crippen LogP contribution >= 0.6 is 0 Å². The van der Waals surface area contributed by atoms with Gasteiger partial charge in [-0.25, -0.2) is 0 Å². The number of anilines is 2. The van der Waals surface area contributed by atoms with Crippen LogP contribution in [0.2, 0.25) is 0 Å². The van der Waals surface area contributed by atoms with Gasteiger partial charge in [0.15, 0.2) is 0 Å². The average molecular weight is 498 g/mol. The number of carbonyl (C=O) groups is 1. The molecule has 190 valence electrons. The van der Waals surface area contributed by atoms with E-state index in [0.29, 0.717) is 41.4 Å². The molecule has 1 unspecified atom stereocenters. The van der Waals surface area contributed by atoms with Gasteiger partial charge in [0.2, 0.25) is 5.91 Å². The maximum Gasteiger partial charge on any atom is 0.248 e. The summed E-state index contributed by atoms with van der Waals surface area (Å²) >= 11 is 0. The van der Waals surface area contributed by atoms with E-state index in [9.17, 15) is 10.1 Å². The zero-order chi connectivity index (χ0) is 25.6. The van der Waals surface area contributed by atoms with Crippen LogP contribution in [0.4, 0.5) is 11.4 Å². The predicted molar refractivity (Wildman–Crippen MR) is 144 cm³/mol. The second kappa shape index (κ2) is 11.4. The Bertz CT molecular complexity index is 1340. The van der Waals surface area contributed by atoms with Crippen molar-refractivity contribution in [3.63, 3.8) is 0 Å². The second-order valence-corrected chi connectivity index (χ2v) is 9.45. The molecule has 0 saturated carbocycles. The highest BCUT2D eigenvalue weighted by molar-refractivity contribution is 6.04. The van der Waals surface area contributed by atoms with Crippen molar-refractivity contribution in [3.05, 3.63) is 71.4 Å². The summed E-state index contributed by atoms with van der Waals surface area (Å²) in [5, 5.41) is 20.4. The van der Waals surface area contributed by atoms with Gasteiger partial charge in [0.1, 0.15) is 17.9 Å². The Hall–Kier alpha value is -3.93. The Morgan fingerprint density at radius 1 is 1.27 bits per heavy atom. The molecule has 0 spiro atoms. The molecule has 3 aromatic rings. The molecule has 8 nitrogen and oxygen atoms in total. The fourth-order valence-corrected chi connectivity index (χ4v) is 4.73. The van der Waals surface area contributed by atoms with Gasteiger partial charge in [-0.15, -0.1) is 0 Å². The van der Waals surface area contributed by atoms with Gasteiger partial charge >= 0.3 is 0 Å². The summed E-state index contributed by atoms with van der Waals surface area (Å²) < 4.78 is 11.7. The molecule has 0 aliphatic carbocycles. The van der Waals surface area contributed by atoms with Crippen LogP contribution in [0.3, 0.4) is 0 Å². The summed E-state index contributed by atoms with van der Waals surface area (Å²) in [6.45, 7) is 4.96.